The van der Waals surface area contributed by atoms with Crippen molar-refractivity contribution in [3.05, 3.63) is 36.0 Å². The number of ether oxygens (including phenoxy) is 1. The zero-order valence-electron chi connectivity index (χ0n) is 10.5. The number of rotatable bonds is 4. The molecule has 0 aliphatic heterocycles. The monoisotopic (exact) mass is 261 g/mol. The van der Waals surface area contributed by atoms with Crippen LogP contribution in [0.4, 0.5) is 0 Å². The van der Waals surface area contributed by atoms with Crippen molar-refractivity contribution in [2.75, 3.05) is 12.4 Å². The van der Waals surface area contributed by atoms with E-state index in [1.165, 1.54) is 0 Å². The van der Waals surface area contributed by atoms with E-state index in [9.17, 15) is 4.79 Å². The maximum absolute atomic E-state index is 11.9. The van der Waals surface area contributed by atoms with Gasteiger partial charge >= 0.3 is 5.97 Å². The van der Waals surface area contributed by atoms with Crippen LogP contribution in [0.2, 0.25) is 0 Å². The van der Waals surface area contributed by atoms with Gasteiger partial charge in [0.25, 0.3) is 0 Å². The Morgan fingerprint density at radius 3 is 2.83 bits per heavy atom. The van der Waals surface area contributed by atoms with E-state index in [1.807, 2.05) is 30.3 Å². The lowest BCUT2D eigenvalue weighted by Gasteiger charge is -2.08. The number of para-hydroxylation sites is 1. The summed E-state index contributed by atoms with van der Waals surface area (Å²) >= 11 is 1.61. The summed E-state index contributed by atoms with van der Waals surface area (Å²) in [5, 5.41) is 1.04. The van der Waals surface area contributed by atoms with Crippen LogP contribution in [-0.4, -0.2) is 23.3 Å². The topological polar surface area (TPSA) is 39.2 Å². The quantitative estimate of drug-likeness (QED) is 0.623. The second-order valence-corrected chi connectivity index (χ2v) is 4.99. The Morgan fingerprint density at radius 1 is 1.33 bits per heavy atom. The fourth-order valence-corrected chi connectivity index (χ4v) is 2.49. The Morgan fingerprint density at radius 2 is 2.11 bits per heavy atom. The molecule has 2 aromatic rings. The molecule has 0 N–H and O–H groups in total. The van der Waals surface area contributed by atoms with Gasteiger partial charge in [-0.1, -0.05) is 25.1 Å². The third-order valence-electron chi connectivity index (χ3n) is 2.46. The third kappa shape index (κ3) is 2.64. The van der Waals surface area contributed by atoms with Gasteiger partial charge in [-0.2, -0.15) is 0 Å². The summed E-state index contributed by atoms with van der Waals surface area (Å²) in [5.74, 6) is 0.547. The second kappa shape index (κ2) is 5.87. The number of esters is 1. The molecule has 0 aliphatic carbocycles. The zero-order chi connectivity index (χ0) is 13.0. The van der Waals surface area contributed by atoms with Crippen molar-refractivity contribution in [3.63, 3.8) is 0 Å². The van der Waals surface area contributed by atoms with Crippen molar-refractivity contribution < 1.29 is 9.53 Å². The molecule has 0 bridgehead atoms. The summed E-state index contributed by atoms with van der Waals surface area (Å²) in [5.41, 5.74) is 1.24. The summed E-state index contributed by atoms with van der Waals surface area (Å²) in [6.07, 6.45) is 0. The molecule has 0 radical (unpaired) electrons. The minimum absolute atomic E-state index is 0.348. The van der Waals surface area contributed by atoms with Crippen LogP contribution in [-0.2, 0) is 4.74 Å². The molecule has 4 heteroatoms. The molecular formula is C14H15NO2S. The minimum Gasteiger partial charge on any atom is -0.461 e. The van der Waals surface area contributed by atoms with Gasteiger partial charge in [0, 0.05) is 10.3 Å². The van der Waals surface area contributed by atoms with Gasteiger partial charge in [-0.05, 0) is 24.8 Å². The van der Waals surface area contributed by atoms with E-state index in [1.54, 1.807) is 18.7 Å². The van der Waals surface area contributed by atoms with Gasteiger partial charge in [0.2, 0.25) is 0 Å². The van der Waals surface area contributed by atoms with E-state index >= 15 is 0 Å². The molecule has 0 fully saturated rings. The van der Waals surface area contributed by atoms with Crippen LogP contribution in [0, 0.1) is 0 Å². The number of benzene rings is 1. The van der Waals surface area contributed by atoms with E-state index in [0.29, 0.717) is 12.3 Å². The van der Waals surface area contributed by atoms with E-state index < -0.39 is 0 Å². The van der Waals surface area contributed by atoms with Gasteiger partial charge in [0.05, 0.1) is 12.1 Å². The number of nitrogens with zero attached hydrogens (tertiary/aromatic N) is 1. The molecule has 1 aromatic heterocycles. The van der Waals surface area contributed by atoms with Crippen LogP contribution >= 0.6 is 11.8 Å². The van der Waals surface area contributed by atoms with Crippen LogP contribution in [0.3, 0.4) is 0 Å². The lowest BCUT2D eigenvalue weighted by atomic mass is 10.2. The Hall–Kier alpha value is -1.55. The van der Waals surface area contributed by atoms with Crippen LogP contribution < -0.4 is 0 Å². The number of hydrogen-bond acceptors (Lipinski definition) is 4. The number of aromatic nitrogens is 1. The van der Waals surface area contributed by atoms with Crippen LogP contribution in [0.15, 0.2) is 35.2 Å². The predicted molar refractivity (Wildman–Crippen MR) is 74.1 cm³/mol. The lowest BCUT2D eigenvalue weighted by Crippen LogP contribution is -2.09. The summed E-state index contributed by atoms with van der Waals surface area (Å²) in [6.45, 7) is 4.21. The van der Waals surface area contributed by atoms with E-state index in [4.69, 9.17) is 4.74 Å². The Balaban J connectivity index is 2.53. The summed E-state index contributed by atoms with van der Waals surface area (Å²) in [4.78, 5) is 17.2. The van der Waals surface area contributed by atoms with Crippen molar-refractivity contribution in [1.82, 2.24) is 4.98 Å². The molecule has 0 spiro atoms. The first-order valence-corrected chi connectivity index (χ1v) is 6.94. The average Bonchev–Trinajstić information content (AvgIpc) is 2.38. The molecule has 0 saturated heterocycles. The van der Waals surface area contributed by atoms with E-state index in [0.717, 1.165) is 21.6 Å². The highest BCUT2D eigenvalue weighted by Crippen LogP contribution is 2.26. The first-order valence-electron chi connectivity index (χ1n) is 5.96. The van der Waals surface area contributed by atoms with Crippen LogP contribution in [0.5, 0.6) is 0 Å². The largest absolute Gasteiger partial charge is 0.461 e. The highest BCUT2D eigenvalue weighted by atomic mass is 32.2. The Labute approximate surface area is 111 Å². The van der Waals surface area contributed by atoms with Gasteiger partial charge in [-0.3, -0.25) is 0 Å². The zero-order valence-corrected chi connectivity index (χ0v) is 11.3. The molecule has 0 atom stereocenters. The smallest absolute Gasteiger partial charge is 0.358 e. The van der Waals surface area contributed by atoms with E-state index in [2.05, 4.69) is 11.9 Å². The first-order chi connectivity index (χ1) is 8.76. The summed E-state index contributed by atoms with van der Waals surface area (Å²) in [6, 6.07) is 9.78. The highest BCUT2D eigenvalue weighted by Gasteiger charge is 2.15. The fraction of sp³-hybridized carbons (Fsp3) is 0.286. The SMILES string of the molecule is CCOC(=O)c1nc2ccccc2cc1SCC. The molecule has 18 heavy (non-hydrogen) atoms. The standard InChI is InChI=1S/C14H15NO2S/c1-3-17-14(16)13-12(18-4-2)9-10-7-5-6-8-11(10)15-13/h5-9H,3-4H2,1-2H3. The molecule has 1 heterocycles. The lowest BCUT2D eigenvalue weighted by molar-refractivity contribution is 0.0515. The number of carbonyl (C=O) groups excluding carboxylic acids is 1. The van der Waals surface area contributed by atoms with E-state index in [-0.39, 0.29) is 5.97 Å². The number of pyridine rings is 1. The highest BCUT2D eigenvalue weighted by molar-refractivity contribution is 7.99. The predicted octanol–water partition coefficient (Wildman–Crippen LogP) is 3.52. The van der Waals surface area contributed by atoms with Crippen molar-refractivity contribution >= 4 is 28.6 Å². The number of thioether (sulfide) groups is 1. The molecule has 0 aliphatic rings. The molecular weight excluding hydrogens is 246 g/mol. The van der Waals surface area contributed by atoms with Crippen molar-refractivity contribution in [2.45, 2.75) is 18.7 Å². The number of carbonyl (C=O) groups is 1. The Bertz CT molecular complexity index is 569. The van der Waals surface area contributed by atoms with Crippen molar-refractivity contribution in [2.24, 2.45) is 0 Å². The van der Waals surface area contributed by atoms with Crippen molar-refractivity contribution in [1.29, 1.82) is 0 Å². The summed E-state index contributed by atoms with van der Waals surface area (Å²) < 4.78 is 5.05. The van der Waals surface area contributed by atoms with Crippen LogP contribution in [0.1, 0.15) is 24.3 Å². The normalized spacial score (nSPS) is 10.6. The van der Waals surface area contributed by atoms with Crippen LogP contribution in [0.25, 0.3) is 10.9 Å². The molecule has 0 amide bonds. The molecule has 94 valence electrons. The maximum Gasteiger partial charge on any atom is 0.358 e. The Kier molecular flexibility index (Phi) is 4.20. The molecule has 0 unspecified atom stereocenters. The first kappa shape index (κ1) is 12.9. The molecule has 2 rings (SSSR count). The summed E-state index contributed by atoms with van der Waals surface area (Å²) in [7, 11) is 0. The third-order valence-corrected chi connectivity index (χ3v) is 3.37. The molecule has 0 saturated carbocycles. The minimum atomic E-state index is -0.348. The second-order valence-electron chi connectivity index (χ2n) is 3.68. The molecule has 3 nitrogen and oxygen atoms in total. The average molecular weight is 261 g/mol. The molecule has 1 aromatic carbocycles. The van der Waals surface area contributed by atoms with Gasteiger partial charge in [-0.25, -0.2) is 9.78 Å². The fourth-order valence-electron chi connectivity index (χ4n) is 1.71. The van der Waals surface area contributed by atoms with Gasteiger partial charge in [0.1, 0.15) is 0 Å². The number of fused-ring (bicyclic) bond motifs is 1. The van der Waals surface area contributed by atoms with Gasteiger partial charge < -0.3 is 4.74 Å². The van der Waals surface area contributed by atoms with Gasteiger partial charge in [-0.15, -0.1) is 11.8 Å². The number of hydrogen-bond donors (Lipinski definition) is 0. The maximum atomic E-state index is 11.9. The van der Waals surface area contributed by atoms with Crippen molar-refractivity contribution in [3.8, 4) is 0 Å². The van der Waals surface area contributed by atoms with Gasteiger partial charge in [0.15, 0.2) is 5.69 Å².